The topological polar surface area (TPSA) is 257 Å². The van der Waals surface area contributed by atoms with Gasteiger partial charge in [0.2, 0.25) is 23.6 Å². The molecule has 200 valence electrons. The summed E-state index contributed by atoms with van der Waals surface area (Å²) in [4.78, 5) is 71.5. The van der Waals surface area contributed by atoms with Gasteiger partial charge in [0.05, 0.1) is 12.5 Å². The van der Waals surface area contributed by atoms with Crippen molar-refractivity contribution in [3.05, 3.63) is 0 Å². The highest BCUT2D eigenvalue weighted by Gasteiger charge is 2.31. The van der Waals surface area contributed by atoms with Crippen molar-refractivity contribution in [2.45, 2.75) is 69.1 Å². The number of carboxylic acids is 2. The van der Waals surface area contributed by atoms with Crippen LogP contribution in [-0.2, 0) is 28.8 Å². The van der Waals surface area contributed by atoms with Crippen LogP contribution in [0.2, 0.25) is 0 Å². The number of carbonyl (C=O) groups excluding carboxylic acids is 4. The van der Waals surface area contributed by atoms with Crippen LogP contribution in [-0.4, -0.2) is 88.5 Å². The molecule has 0 radical (unpaired) electrons. The first-order valence-electron chi connectivity index (χ1n) is 11.0. The predicted octanol–water partition coefficient (Wildman–Crippen LogP) is -2.52. The second-order valence-corrected chi connectivity index (χ2v) is 8.78. The molecular weight excluding hydrogens is 484 g/mol. The van der Waals surface area contributed by atoms with Gasteiger partial charge in [-0.2, -0.15) is 11.8 Å². The molecule has 0 aliphatic rings. The molecule has 0 rings (SSSR count). The van der Waals surface area contributed by atoms with E-state index < -0.39 is 72.6 Å². The maximum Gasteiger partial charge on any atom is 0.326 e. The molecule has 35 heavy (non-hydrogen) atoms. The minimum absolute atomic E-state index is 0.0971. The molecule has 0 aromatic heterocycles. The third-order valence-electron chi connectivity index (χ3n) is 4.85. The third kappa shape index (κ3) is 14.2. The second kappa shape index (κ2) is 17.5. The van der Waals surface area contributed by atoms with E-state index >= 15 is 0 Å². The summed E-state index contributed by atoms with van der Waals surface area (Å²) in [6.07, 6.45) is 1.99. The molecule has 0 aromatic carbocycles. The van der Waals surface area contributed by atoms with Crippen LogP contribution in [0, 0.1) is 0 Å². The molecule has 0 spiro atoms. The molecule has 0 saturated carbocycles. The van der Waals surface area contributed by atoms with Gasteiger partial charge in [-0.05, 0) is 44.2 Å². The van der Waals surface area contributed by atoms with Crippen LogP contribution in [0.15, 0.2) is 0 Å². The number of rotatable bonds is 19. The van der Waals surface area contributed by atoms with Gasteiger partial charge in [-0.15, -0.1) is 0 Å². The fraction of sp³-hybridized carbons (Fsp3) is 0.700. The van der Waals surface area contributed by atoms with E-state index in [0.29, 0.717) is 31.6 Å². The molecule has 0 saturated heterocycles. The van der Waals surface area contributed by atoms with Crippen molar-refractivity contribution in [3.63, 3.8) is 0 Å². The fourth-order valence-corrected chi connectivity index (χ4v) is 3.37. The number of primary amides is 1. The van der Waals surface area contributed by atoms with Crippen LogP contribution in [0.4, 0.5) is 0 Å². The summed E-state index contributed by atoms with van der Waals surface area (Å²) in [6.45, 7) is 0.430. The van der Waals surface area contributed by atoms with E-state index in [-0.39, 0.29) is 12.8 Å². The van der Waals surface area contributed by atoms with Crippen LogP contribution < -0.4 is 33.2 Å². The summed E-state index contributed by atoms with van der Waals surface area (Å²) in [6, 6.07) is -5.06. The van der Waals surface area contributed by atoms with Gasteiger partial charge in [-0.1, -0.05) is 6.42 Å². The highest BCUT2D eigenvalue weighted by Crippen LogP contribution is 2.06. The van der Waals surface area contributed by atoms with Crippen molar-refractivity contribution < 1.29 is 39.0 Å². The van der Waals surface area contributed by atoms with E-state index in [4.69, 9.17) is 22.3 Å². The SMILES string of the molecule is CSCCC(NC(=O)C(CC(N)=O)NC(=O)C(N)CCCCN)C(=O)NC(CCC(=O)O)C(=O)O. The van der Waals surface area contributed by atoms with Gasteiger partial charge in [-0.3, -0.25) is 24.0 Å². The Morgan fingerprint density at radius 2 is 1.40 bits per heavy atom. The third-order valence-corrected chi connectivity index (χ3v) is 5.49. The summed E-state index contributed by atoms with van der Waals surface area (Å²) >= 11 is 1.36. The Kier molecular flexibility index (Phi) is 16.1. The van der Waals surface area contributed by atoms with Gasteiger partial charge < -0.3 is 43.4 Å². The minimum Gasteiger partial charge on any atom is -0.481 e. The van der Waals surface area contributed by atoms with Gasteiger partial charge in [0.25, 0.3) is 0 Å². The zero-order chi connectivity index (χ0) is 27.0. The van der Waals surface area contributed by atoms with Crippen molar-refractivity contribution in [1.29, 1.82) is 0 Å². The van der Waals surface area contributed by atoms with Crippen LogP contribution in [0.1, 0.15) is 44.9 Å². The van der Waals surface area contributed by atoms with Crippen LogP contribution in [0.3, 0.4) is 0 Å². The monoisotopic (exact) mass is 520 g/mol. The maximum atomic E-state index is 12.8. The average Bonchev–Trinajstić information content (AvgIpc) is 2.77. The lowest BCUT2D eigenvalue weighted by atomic mass is 10.1. The summed E-state index contributed by atoms with van der Waals surface area (Å²) in [5.74, 6) is -5.57. The van der Waals surface area contributed by atoms with Crippen LogP contribution in [0.25, 0.3) is 0 Å². The Hall–Kier alpha value is -2.91. The lowest BCUT2D eigenvalue weighted by molar-refractivity contribution is -0.143. The van der Waals surface area contributed by atoms with Crippen LogP contribution in [0.5, 0.6) is 0 Å². The highest BCUT2D eigenvalue weighted by molar-refractivity contribution is 7.98. The summed E-state index contributed by atoms with van der Waals surface area (Å²) in [7, 11) is 0. The molecule has 4 atom stereocenters. The van der Waals surface area contributed by atoms with E-state index in [1.54, 1.807) is 6.26 Å². The Labute approximate surface area is 207 Å². The first kappa shape index (κ1) is 32.1. The zero-order valence-electron chi connectivity index (χ0n) is 19.7. The van der Waals surface area contributed by atoms with Gasteiger partial charge in [0.1, 0.15) is 18.1 Å². The van der Waals surface area contributed by atoms with E-state index in [1.807, 2.05) is 0 Å². The molecule has 4 unspecified atom stereocenters. The molecule has 14 nitrogen and oxygen atoms in total. The first-order chi connectivity index (χ1) is 16.4. The number of hydrogen-bond acceptors (Lipinski definition) is 9. The van der Waals surface area contributed by atoms with Crippen molar-refractivity contribution in [2.24, 2.45) is 17.2 Å². The normalized spacial score (nSPS) is 14.1. The largest absolute Gasteiger partial charge is 0.481 e. The molecule has 0 bridgehead atoms. The standard InChI is InChI=1S/C20H36N6O8S/c1-35-9-7-12(18(31)25-13(20(33)34)5-6-16(28)29)24-19(32)14(10-15(23)27)26-17(30)11(22)4-2-3-8-21/h11-14H,2-10,21-22H2,1H3,(H2,23,27)(H,24,32)(H,25,31)(H,26,30)(H,28,29)(H,33,34). The molecule has 4 amide bonds. The van der Waals surface area contributed by atoms with Gasteiger partial charge in [0, 0.05) is 6.42 Å². The molecule has 0 fully saturated rings. The molecule has 0 heterocycles. The fourth-order valence-electron chi connectivity index (χ4n) is 2.90. The Morgan fingerprint density at radius 3 is 1.91 bits per heavy atom. The number of carboxylic acid groups (broad SMARTS) is 2. The lowest BCUT2D eigenvalue weighted by Gasteiger charge is -2.24. The van der Waals surface area contributed by atoms with Crippen molar-refractivity contribution >= 4 is 47.3 Å². The first-order valence-corrected chi connectivity index (χ1v) is 12.4. The molecule has 0 aliphatic carbocycles. The second-order valence-electron chi connectivity index (χ2n) is 7.80. The smallest absolute Gasteiger partial charge is 0.326 e. The number of unbranched alkanes of at least 4 members (excludes halogenated alkanes) is 1. The number of aliphatic carboxylic acids is 2. The van der Waals surface area contributed by atoms with E-state index in [9.17, 15) is 33.9 Å². The molecule has 15 heteroatoms. The average molecular weight is 521 g/mol. The summed E-state index contributed by atoms with van der Waals surface area (Å²) < 4.78 is 0. The molecule has 0 aliphatic heterocycles. The maximum absolute atomic E-state index is 12.8. The van der Waals surface area contributed by atoms with E-state index in [0.717, 1.165) is 0 Å². The summed E-state index contributed by atoms with van der Waals surface area (Å²) in [5.41, 5.74) is 16.4. The molecule has 11 N–H and O–H groups in total. The van der Waals surface area contributed by atoms with Gasteiger partial charge in [-0.25, -0.2) is 4.79 Å². The predicted molar refractivity (Wildman–Crippen MR) is 128 cm³/mol. The van der Waals surface area contributed by atoms with Gasteiger partial charge >= 0.3 is 11.9 Å². The van der Waals surface area contributed by atoms with Crippen LogP contribution >= 0.6 is 11.8 Å². The highest BCUT2D eigenvalue weighted by atomic mass is 32.2. The van der Waals surface area contributed by atoms with E-state index in [1.165, 1.54) is 11.8 Å². The van der Waals surface area contributed by atoms with E-state index in [2.05, 4.69) is 16.0 Å². The quantitative estimate of drug-likeness (QED) is 0.0824. The number of amides is 4. The molecule has 0 aromatic rings. The Bertz CT molecular complexity index is 753. The summed E-state index contributed by atoms with van der Waals surface area (Å²) in [5, 5.41) is 25.0. The Balaban J connectivity index is 5.41. The van der Waals surface area contributed by atoms with Gasteiger partial charge in [0.15, 0.2) is 0 Å². The minimum atomic E-state index is -1.49. The lowest BCUT2D eigenvalue weighted by Crippen LogP contribution is -2.57. The zero-order valence-corrected chi connectivity index (χ0v) is 20.5. The molecular formula is C20H36N6O8S. The number of hydrogen-bond donors (Lipinski definition) is 8. The number of nitrogens with two attached hydrogens (primary N) is 3. The Morgan fingerprint density at radius 1 is 0.829 bits per heavy atom. The van der Waals surface area contributed by atoms with Crippen molar-refractivity contribution in [1.82, 2.24) is 16.0 Å². The number of thioether (sulfide) groups is 1. The van der Waals surface area contributed by atoms with Crippen molar-refractivity contribution in [3.8, 4) is 0 Å². The number of nitrogens with one attached hydrogen (secondary N) is 3. The van der Waals surface area contributed by atoms with Crippen molar-refractivity contribution in [2.75, 3.05) is 18.6 Å². The number of carbonyl (C=O) groups is 6.